The molecule has 0 spiro atoms. The summed E-state index contributed by atoms with van der Waals surface area (Å²) in [5.41, 5.74) is 6.76. The number of hydrogen-bond acceptors (Lipinski definition) is 5. The minimum absolute atomic E-state index is 0.243. The van der Waals surface area contributed by atoms with Gasteiger partial charge in [0.05, 0.1) is 10.7 Å². The van der Waals surface area contributed by atoms with Gasteiger partial charge in [-0.15, -0.1) is 0 Å². The Labute approximate surface area is 187 Å². The van der Waals surface area contributed by atoms with Crippen LogP contribution in [0, 0.1) is 5.82 Å². The molecule has 1 aliphatic rings. The number of ether oxygens (including phenoxy) is 1. The fourth-order valence-electron chi connectivity index (χ4n) is 3.60. The molecule has 1 saturated carbocycles. The Morgan fingerprint density at radius 2 is 1.87 bits per heavy atom. The SMILES string of the molecule is CN.Fc1cccc(COc2cccc(-c3cc(NC4CCCCC4)ncc3Cl)n2)c1. The van der Waals surface area contributed by atoms with Crippen molar-refractivity contribution in [1.82, 2.24) is 9.97 Å². The number of anilines is 1. The summed E-state index contributed by atoms with van der Waals surface area (Å²) in [5, 5.41) is 4.06. The molecule has 1 fully saturated rings. The van der Waals surface area contributed by atoms with E-state index in [1.165, 1.54) is 51.3 Å². The second kappa shape index (κ2) is 11.6. The van der Waals surface area contributed by atoms with E-state index in [0.717, 1.165) is 16.9 Å². The van der Waals surface area contributed by atoms with Crippen LogP contribution >= 0.6 is 11.6 Å². The predicted octanol–water partition coefficient (Wildman–Crippen LogP) is 5.83. The molecular formula is C24H28ClFN4O. The van der Waals surface area contributed by atoms with E-state index < -0.39 is 0 Å². The second-order valence-electron chi connectivity index (χ2n) is 7.31. The van der Waals surface area contributed by atoms with E-state index in [2.05, 4.69) is 21.0 Å². The first-order chi connectivity index (χ1) is 15.2. The summed E-state index contributed by atoms with van der Waals surface area (Å²) in [7, 11) is 1.50. The Hall–Kier alpha value is -2.70. The molecular weight excluding hydrogens is 415 g/mol. The van der Waals surface area contributed by atoms with Gasteiger partial charge in [-0.05, 0) is 49.7 Å². The number of nitrogens with zero attached hydrogens (tertiary/aromatic N) is 2. The first-order valence-corrected chi connectivity index (χ1v) is 10.9. The lowest BCUT2D eigenvalue weighted by atomic mass is 9.95. The van der Waals surface area contributed by atoms with Crippen LogP contribution in [0.5, 0.6) is 5.88 Å². The molecule has 3 aromatic rings. The molecule has 1 aromatic carbocycles. The topological polar surface area (TPSA) is 73.1 Å². The summed E-state index contributed by atoms with van der Waals surface area (Å²) < 4.78 is 19.1. The third kappa shape index (κ3) is 6.64. The molecule has 0 aliphatic heterocycles. The highest BCUT2D eigenvalue weighted by Gasteiger charge is 2.15. The summed E-state index contributed by atoms with van der Waals surface area (Å²) in [6.45, 7) is 0.243. The zero-order chi connectivity index (χ0) is 22.1. The van der Waals surface area contributed by atoms with Gasteiger partial charge in [-0.2, -0.15) is 0 Å². The normalized spacial score (nSPS) is 13.8. The molecule has 164 valence electrons. The molecule has 7 heteroatoms. The van der Waals surface area contributed by atoms with Gasteiger partial charge in [0.1, 0.15) is 18.2 Å². The van der Waals surface area contributed by atoms with Gasteiger partial charge in [0.2, 0.25) is 5.88 Å². The van der Waals surface area contributed by atoms with Crippen LogP contribution in [0.15, 0.2) is 54.7 Å². The molecule has 2 aromatic heterocycles. The average Bonchev–Trinajstić information content (AvgIpc) is 2.81. The van der Waals surface area contributed by atoms with Crippen molar-refractivity contribution in [2.45, 2.75) is 44.8 Å². The fourth-order valence-corrected chi connectivity index (χ4v) is 3.80. The fraction of sp³-hybridized carbons (Fsp3) is 0.333. The maximum Gasteiger partial charge on any atom is 0.214 e. The standard InChI is InChI=1S/C23H23ClFN3O.CH5N/c24-20-14-26-22(27-18-8-2-1-3-9-18)13-19(20)21-10-5-11-23(28-21)29-15-16-6-4-7-17(25)12-16;1-2/h4-7,10-14,18H,1-3,8-9,15H2,(H,26,27);2H2,1H3. The van der Waals surface area contributed by atoms with Crippen LogP contribution in [0.25, 0.3) is 11.3 Å². The molecule has 4 rings (SSSR count). The Bertz CT molecular complexity index is 979. The molecule has 0 atom stereocenters. The molecule has 0 unspecified atom stereocenters. The number of aromatic nitrogens is 2. The number of nitrogens with two attached hydrogens (primary N) is 1. The van der Waals surface area contributed by atoms with Gasteiger partial charge in [0.25, 0.3) is 0 Å². The van der Waals surface area contributed by atoms with Crippen LogP contribution in [0.1, 0.15) is 37.7 Å². The molecule has 31 heavy (non-hydrogen) atoms. The highest BCUT2D eigenvalue weighted by atomic mass is 35.5. The summed E-state index contributed by atoms with van der Waals surface area (Å²) in [4.78, 5) is 9.00. The van der Waals surface area contributed by atoms with Crippen molar-refractivity contribution in [1.29, 1.82) is 0 Å². The minimum Gasteiger partial charge on any atom is -0.473 e. The Morgan fingerprint density at radius 3 is 2.65 bits per heavy atom. The zero-order valence-corrected chi connectivity index (χ0v) is 18.4. The first-order valence-electron chi connectivity index (χ1n) is 10.5. The maximum absolute atomic E-state index is 13.3. The van der Waals surface area contributed by atoms with Crippen molar-refractivity contribution in [2.24, 2.45) is 5.73 Å². The van der Waals surface area contributed by atoms with Crippen LogP contribution < -0.4 is 15.8 Å². The monoisotopic (exact) mass is 442 g/mol. The van der Waals surface area contributed by atoms with Crippen molar-refractivity contribution >= 4 is 17.4 Å². The average molecular weight is 443 g/mol. The number of rotatable bonds is 6. The second-order valence-corrected chi connectivity index (χ2v) is 7.72. The summed E-state index contributed by atoms with van der Waals surface area (Å²) in [6.07, 6.45) is 7.81. The zero-order valence-electron chi connectivity index (χ0n) is 17.7. The van der Waals surface area contributed by atoms with Gasteiger partial charge in [0.15, 0.2) is 0 Å². The lowest BCUT2D eigenvalue weighted by Crippen LogP contribution is -2.22. The Balaban J connectivity index is 0.00000132. The van der Waals surface area contributed by atoms with Gasteiger partial charge in [-0.25, -0.2) is 14.4 Å². The van der Waals surface area contributed by atoms with Crippen molar-refractivity contribution in [3.05, 3.63) is 71.1 Å². The predicted molar refractivity (Wildman–Crippen MR) is 124 cm³/mol. The lowest BCUT2D eigenvalue weighted by molar-refractivity contribution is 0.293. The molecule has 0 saturated heterocycles. The van der Waals surface area contributed by atoms with Crippen LogP contribution in [0.3, 0.4) is 0 Å². The number of hydrogen-bond donors (Lipinski definition) is 2. The molecule has 0 bridgehead atoms. The van der Waals surface area contributed by atoms with E-state index >= 15 is 0 Å². The smallest absolute Gasteiger partial charge is 0.214 e. The van der Waals surface area contributed by atoms with E-state index in [1.54, 1.807) is 18.3 Å². The molecule has 1 aliphatic carbocycles. The highest BCUT2D eigenvalue weighted by molar-refractivity contribution is 6.33. The molecule has 0 amide bonds. The van der Waals surface area contributed by atoms with E-state index in [4.69, 9.17) is 16.3 Å². The van der Waals surface area contributed by atoms with Crippen LogP contribution in [-0.4, -0.2) is 23.1 Å². The minimum atomic E-state index is -0.283. The van der Waals surface area contributed by atoms with Crippen molar-refractivity contribution in [3.63, 3.8) is 0 Å². The van der Waals surface area contributed by atoms with Crippen molar-refractivity contribution in [3.8, 4) is 17.1 Å². The first kappa shape index (κ1) is 23.0. The molecule has 2 heterocycles. The van der Waals surface area contributed by atoms with E-state index in [-0.39, 0.29) is 12.4 Å². The third-order valence-corrected chi connectivity index (χ3v) is 5.39. The lowest BCUT2D eigenvalue weighted by Gasteiger charge is -2.23. The number of pyridine rings is 2. The molecule has 5 nitrogen and oxygen atoms in total. The third-order valence-electron chi connectivity index (χ3n) is 5.09. The molecule has 3 N–H and O–H groups in total. The maximum atomic E-state index is 13.3. The summed E-state index contributed by atoms with van der Waals surface area (Å²) >= 11 is 6.40. The van der Waals surface area contributed by atoms with Gasteiger partial charge in [-0.3, -0.25) is 0 Å². The van der Waals surface area contributed by atoms with Gasteiger partial charge < -0.3 is 15.8 Å². The van der Waals surface area contributed by atoms with Crippen LogP contribution in [-0.2, 0) is 6.61 Å². The Morgan fingerprint density at radius 1 is 1.10 bits per heavy atom. The number of benzene rings is 1. The summed E-state index contributed by atoms with van der Waals surface area (Å²) in [5.74, 6) is 0.986. The van der Waals surface area contributed by atoms with Crippen molar-refractivity contribution in [2.75, 3.05) is 12.4 Å². The van der Waals surface area contributed by atoms with Gasteiger partial charge in [0, 0.05) is 23.9 Å². The van der Waals surface area contributed by atoms with Gasteiger partial charge in [-0.1, -0.05) is 49.1 Å². The van der Waals surface area contributed by atoms with E-state index in [9.17, 15) is 4.39 Å². The summed E-state index contributed by atoms with van der Waals surface area (Å²) in [6, 6.07) is 14.3. The van der Waals surface area contributed by atoms with Crippen LogP contribution in [0.4, 0.5) is 10.2 Å². The van der Waals surface area contributed by atoms with Crippen molar-refractivity contribution < 1.29 is 9.13 Å². The van der Waals surface area contributed by atoms with E-state index in [1.807, 2.05) is 24.3 Å². The number of nitrogens with one attached hydrogen (secondary N) is 1. The van der Waals surface area contributed by atoms with Crippen LogP contribution in [0.2, 0.25) is 5.02 Å². The Kier molecular flexibility index (Phi) is 8.62. The number of halogens is 2. The van der Waals surface area contributed by atoms with Gasteiger partial charge >= 0.3 is 0 Å². The van der Waals surface area contributed by atoms with E-state index in [0.29, 0.717) is 22.6 Å². The largest absolute Gasteiger partial charge is 0.473 e. The quantitative estimate of drug-likeness (QED) is 0.502. The highest BCUT2D eigenvalue weighted by Crippen LogP contribution is 2.30. The molecule has 0 radical (unpaired) electrons.